The summed E-state index contributed by atoms with van der Waals surface area (Å²) < 4.78 is 0.829. The lowest BCUT2D eigenvalue weighted by atomic mass is 10.3. The topological polar surface area (TPSA) is 71.4 Å². The van der Waals surface area contributed by atoms with Gasteiger partial charge in [-0.05, 0) is 17.3 Å². The molecule has 0 unspecified atom stereocenters. The average molecular weight is 221 g/mol. The van der Waals surface area contributed by atoms with E-state index in [4.69, 9.17) is 0 Å². The van der Waals surface area contributed by atoms with Crippen molar-refractivity contribution < 1.29 is 4.79 Å². The van der Waals surface area contributed by atoms with E-state index in [0.717, 1.165) is 4.70 Å². The summed E-state index contributed by atoms with van der Waals surface area (Å²) in [5.74, 6) is -0.185. The minimum absolute atomic E-state index is 0.185. The normalized spacial score (nSPS) is 10.2. The molecule has 0 bridgehead atoms. The maximum absolute atomic E-state index is 10.8. The number of anilines is 1. The molecule has 2 aromatic rings. The van der Waals surface area contributed by atoms with Gasteiger partial charge < -0.3 is 5.32 Å². The molecule has 1 N–H and O–H groups in total. The molecule has 1 aromatic heterocycles. The van der Waals surface area contributed by atoms with Crippen molar-refractivity contribution in [3.63, 3.8) is 0 Å². The van der Waals surface area contributed by atoms with Gasteiger partial charge in [0.05, 0.1) is 4.70 Å². The lowest BCUT2D eigenvalue weighted by molar-refractivity contribution is -0.114. The fraction of sp³-hybridized carbons (Fsp3) is 0.111. The van der Waals surface area contributed by atoms with Gasteiger partial charge in [-0.1, -0.05) is 17.4 Å². The Labute approximate surface area is 89.1 Å². The van der Waals surface area contributed by atoms with Crippen molar-refractivity contribution in [3.8, 4) is 0 Å². The van der Waals surface area contributed by atoms with Gasteiger partial charge in [0.2, 0.25) is 5.91 Å². The Bertz CT molecular complexity index is 535. The van der Waals surface area contributed by atoms with Crippen LogP contribution in [-0.2, 0) is 4.79 Å². The molecular weight excluding hydrogens is 214 g/mol. The molecular formula is C9H7N3O2S. The van der Waals surface area contributed by atoms with Gasteiger partial charge in [-0.25, -0.2) is 4.98 Å². The summed E-state index contributed by atoms with van der Waals surface area (Å²) in [7, 11) is 0. The Morgan fingerprint density at radius 3 is 3.00 bits per heavy atom. The van der Waals surface area contributed by atoms with Crippen LogP contribution in [0.15, 0.2) is 23.4 Å². The number of hydrogen-bond acceptors (Lipinski definition) is 5. The van der Waals surface area contributed by atoms with E-state index < -0.39 is 0 Å². The van der Waals surface area contributed by atoms with E-state index in [2.05, 4.69) is 15.5 Å². The van der Waals surface area contributed by atoms with Crippen LogP contribution in [0, 0.1) is 4.91 Å². The first-order valence-electron chi connectivity index (χ1n) is 4.21. The monoisotopic (exact) mass is 221 g/mol. The maximum atomic E-state index is 10.8. The number of nitrogens with one attached hydrogen (secondary N) is 1. The number of para-hydroxylation sites is 1. The van der Waals surface area contributed by atoms with Gasteiger partial charge >= 0.3 is 0 Å². The van der Waals surface area contributed by atoms with Crippen LogP contribution < -0.4 is 5.32 Å². The van der Waals surface area contributed by atoms with E-state index in [1.165, 1.54) is 18.3 Å². The molecule has 0 radical (unpaired) electrons. The SMILES string of the molecule is CC(=O)Nc1nc2c(N=O)cccc2s1. The smallest absolute Gasteiger partial charge is 0.223 e. The van der Waals surface area contributed by atoms with Gasteiger partial charge in [0.25, 0.3) is 0 Å². The summed E-state index contributed by atoms with van der Waals surface area (Å²) >= 11 is 1.31. The van der Waals surface area contributed by atoms with E-state index in [0.29, 0.717) is 16.3 Å². The lowest BCUT2D eigenvalue weighted by Crippen LogP contribution is -2.04. The number of aromatic nitrogens is 1. The summed E-state index contributed by atoms with van der Waals surface area (Å²) in [6.45, 7) is 1.41. The predicted octanol–water partition coefficient (Wildman–Crippen LogP) is 2.65. The van der Waals surface area contributed by atoms with Crippen molar-refractivity contribution in [1.29, 1.82) is 0 Å². The highest BCUT2D eigenvalue weighted by molar-refractivity contribution is 7.22. The van der Waals surface area contributed by atoms with Gasteiger partial charge in [0, 0.05) is 6.92 Å². The standard InChI is InChI=1S/C9H7N3O2S/c1-5(13)10-9-11-8-6(12-14)3-2-4-7(8)15-9/h2-4H,1H3,(H,10,11,13). The molecule has 0 saturated heterocycles. The Hall–Kier alpha value is -1.82. The van der Waals surface area contributed by atoms with E-state index in [9.17, 15) is 9.70 Å². The zero-order valence-corrected chi connectivity index (χ0v) is 8.67. The molecule has 0 spiro atoms. The second-order valence-electron chi connectivity index (χ2n) is 2.92. The summed E-state index contributed by atoms with van der Waals surface area (Å²) in [6, 6.07) is 5.15. The molecule has 5 nitrogen and oxygen atoms in total. The molecule has 0 aliphatic carbocycles. The highest BCUT2D eigenvalue weighted by Gasteiger charge is 2.08. The van der Waals surface area contributed by atoms with Gasteiger partial charge in [-0.2, -0.15) is 0 Å². The lowest BCUT2D eigenvalue weighted by Gasteiger charge is -1.91. The van der Waals surface area contributed by atoms with Gasteiger partial charge in [0.15, 0.2) is 5.13 Å². The minimum atomic E-state index is -0.185. The van der Waals surface area contributed by atoms with Crippen LogP contribution in [0.4, 0.5) is 10.8 Å². The van der Waals surface area contributed by atoms with Crippen LogP contribution in [0.3, 0.4) is 0 Å². The molecule has 0 fully saturated rings. The van der Waals surface area contributed by atoms with Crippen LogP contribution in [0.1, 0.15) is 6.92 Å². The summed E-state index contributed by atoms with van der Waals surface area (Å²) in [6.07, 6.45) is 0. The Morgan fingerprint density at radius 2 is 2.33 bits per heavy atom. The van der Waals surface area contributed by atoms with Crippen LogP contribution in [-0.4, -0.2) is 10.9 Å². The molecule has 6 heteroatoms. The number of thiazole rings is 1. The van der Waals surface area contributed by atoms with E-state index in [-0.39, 0.29) is 5.91 Å². The van der Waals surface area contributed by atoms with Crippen molar-refractivity contribution in [2.45, 2.75) is 6.92 Å². The quantitative estimate of drug-likeness (QED) is 0.792. The van der Waals surface area contributed by atoms with Crippen LogP contribution in [0.5, 0.6) is 0 Å². The fourth-order valence-electron chi connectivity index (χ4n) is 1.21. The Balaban J connectivity index is 2.54. The van der Waals surface area contributed by atoms with E-state index in [1.54, 1.807) is 12.1 Å². The molecule has 0 saturated carbocycles. The number of benzene rings is 1. The molecule has 2 rings (SSSR count). The zero-order valence-electron chi connectivity index (χ0n) is 7.85. The first kappa shape index (κ1) is 9.72. The highest BCUT2D eigenvalue weighted by Crippen LogP contribution is 2.32. The average Bonchev–Trinajstić information content (AvgIpc) is 2.58. The Kier molecular flexibility index (Phi) is 2.42. The van der Waals surface area contributed by atoms with Crippen LogP contribution in [0.2, 0.25) is 0 Å². The molecule has 1 heterocycles. The third-order valence-electron chi connectivity index (χ3n) is 1.78. The fourth-order valence-corrected chi connectivity index (χ4v) is 2.15. The molecule has 0 aliphatic heterocycles. The molecule has 1 aromatic carbocycles. The summed E-state index contributed by atoms with van der Waals surface area (Å²) in [5.41, 5.74) is 0.821. The molecule has 1 amide bonds. The third kappa shape index (κ3) is 1.84. The summed E-state index contributed by atoms with van der Waals surface area (Å²) in [4.78, 5) is 25.4. The van der Waals surface area contributed by atoms with Crippen molar-refractivity contribution in [2.75, 3.05) is 5.32 Å². The zero-order chi connectivity index (χ0) is 10.8. The number of nitroso groups, excluding NO2 is 1. The van der Waals surface area contributed by atoms with Gasteiger partial charge in [-0.3, -0.25) is 4.79 Å². The number of carbonyl (C=O) groups excluding carboxylic acids is 1. The van der Waals surface area contributed by atoms with E-state index in [1.807, 2.05) is 6.07 Å². The number of carbonyl (C=O) groups is 1. The first-order chi connectivity index (χ1) is 7.20. The minimum Gasteiger partial charge on any atom is -0.302 e. The summed E-state index contributed by atoms with van der Waals surface area (Å²) in [5, 5.41) is 5.92. The third-order valence-corrected chi connectivity index (χ3v) is 2.72. The molecule has 76 valence electrons. The largest absolute Gasteiger partial charge is 0.302 e. The second-order valence-corrected chi connectivity index (χ2v) is 3.95. The van der Waals surface area contributed by atoms with Gasteiger partial charge in [-0.15, -0.1) is 4.91 Å². The van der Waals surface area contributed by atoms with E-state index >= 15 is 0 Å². The van der Waals surface area contributed by atoms with Crippen molar-refractivity contribution in [3.05, 3.63) is 23.1 Å². The number of fused-ring (bicyclic) bond motifs is 1. The van der Waals surface area contributed by atoms with Crippen LogP contribution in [0.25, 0.3) is 10.2 Å². The Morgan fingerprint density at radius 1 is 1.53 bits per heavy atom. The first-order valence-corrected chi connectivity index (χ1v) is 5.03. The van der Waals surface area contributed by atoms with Crippen molar-refractivity contribution in [1.82, 2.24) is 4.98 Å². The molecule has 0 atom stereocenters. The number of hydrogen-bond donors (Lipinski definition) is 1. The number of amides is 1. The van der Waals surface area contributed by atoms with Crippen molar-refractivity contribution in [2.24, 2.45) is 5.18 Å². The van der Waals surface area contributed by atoms with Crippen LogP contribution >= 0.6 is 11.3 Å². The molecule has 15 heavy (non-hydrogen) atoms. The predicted molar refractivity (Wildman–Crippen MR) is 59.4 cm³/mol. The molecule has 0 aliphatic rings. The number of rotatable bonds is 2. The highest BCUT2D eigenvalue weighted by atomic mass is 32.1. The number of nitrogens with zero attached hydrogens (tertiary/aromatic N) is 2. The second kappa shape index (κ2) is 3.74. The maximum Gasteiger partial charge on any atom is 0.223 e. The van der Waals surface area contributed by atoms with Gasteiger partial charge in [0.1, 0.15) is 11.2 Å². The van der Waals surface area contributed by atoms with Crippen molar-refractivity contribution >= 4 is 38.3 Å².